The summed E-state index contributed by atoms with van der Waals surface area (Å²) in [6, 6.07) is 37.6. The van der Waals surface area contributed by atoms with Crippen LogP contribution in [0.3, 0.4) is 0 Å². The Morgan fingerprint density at radius 3 is 1.71 bits per heavy atom. The lowest BCUT2D eigenvalue weighted by Crippen LogP contribution is -2.45. The van der Waals surface area contributed by atoms with Gasteiger partial charge in [0, 0.05) is 31.7 Å². The van der Waals surface area contributed by atoms with Gasteiger partial charge in [-0.25, -0.2) is 0 Å². The van der Waals surface area contributed by atoms with Crippen molar-refractivity contribution >= 4 is 27.8 Å². The predicted octanol–water partition coefficient (Wildman–Crippen LogP) is 6.71. The van der Waals surface area contributed by atoms with Crippen molar-refractivity contribution in [2.75, 3.05) is 26.2 Å². The quantitative estimate of drug-likeness (QED) is 0.223. The minimum atomic E-state index is 0.343. The molecule has 1 saturated heterocycles. The van der Waals surface area contributed by atoms with E-state index >= 15 is 0 Å². The Bertz CT molecular complexity index is 1480. The Kier molecular flexibility index (Phi) is 4.88. The number of hydrogen-bond donors (Lipinski definition) is 0. The molecule has 35 heavy (non-hydrogen) atoms. The van der Waals surface area contributed by atoms with Crippen LogP contribution in [0.5, 0.6) is 0 Å². The molecule has 0 radical (unpaired) electrons. The first-order chi connectivity index (χ1) is 17.4. The molecule has 2 aliphatic rings. The maximum atomic E-state index is 4.99. The van der Waals surface area contributed by atoms with E-state index in [2.05, 4.69) is 119 Å². The maximum absolute atomic E-state index is 4.99. The molecule has 1 heterocycles. The molecule has 1 aliphatic carbocycles. The van der Waals surface area contributed by atoms with E-state index in [0.29, 0.717) is 6.04 Å². The fourth-order valence-electron chi connectivity index (χ4n) is 5.93. The second-order valence-corrected chi connectivity index (χ2v) is 9.54. The minimum absolute atomic E-state index is 0.343. The third-order valence-electron chi connectivity index (χ3n) is 7.62. The van der Waals surface area contributed by atoms with Crippen molar-refractivity contribution in [3.05, 3.63) is 120 Å². The van der Waals surface area contributed by atoms with Gasteiger partial charge in [-0.3, -0.25) is 9.91 Å². The fraction of sp³-hybridized carbons (Fsp3) is 0.156. The number of benzene rings is 5. The van der Waals surface area contributed by atoms with E-state index in [-0.39, 0.29) is 0 Å². The Morgan fingerprint density at radius 2 is 1.11 bits per heavy atom. The van der Waals surface area contributed by atoms with Gasteiger partial charge in [-0.05, 0) is 49.9 Å². The summed E-state index contributed by atoms with van der Waals surface area (Å²) in [5.41, 5.74) is 6.85. The summed E-state index contributed by atoms with van der Waals surface area (Å²) in [5.74, 6) is 0. The van der Waals surface area contributed by atoms with Crippen molar-refractivity contribution in [2.24, 2.45) is 5.10 Å². The molecular weight excluding hydrogens is 426 g/mol. The van der Waals surface area contributed by atoms with E-state index in [1.165, 1.54) is 49.4 Å². The second kappa shape index (κ2) is 8.37. The van der Waals surface area contributed by atoms with Gasteiger partial charge in [0.15, 0.2) is 0 Å². The molecule has 0 unspecified atom stereocenters. The Morgan fingerprint density at radius 1 is 0.600 bits per heavy atom. The zero-order chi connectivity index (χ0) is 23.2. The maximum Gasteiger partial charge on any atom is 0.0615 e. The minimum Gasteiger partial charge on any atom is -0.294 e. The van der Waals surface area contributed by atoms with Crippen LogP contribution in [0.15, 0.2) is 108 Å². The molecule has 0 saturated carbocycles. The average molecular weight is 454 g/mol. The van der Waals surface area contributed by atoms with Crippen LogP contribution >= 0.6 is 0 Å². The SMILES string of the molecule is C(=N\N1CCN(C2c3ccccc3-c3ccccc32)CC1)/c1c2ccccc2cc2ccccc12. The average Bonchev–Trinajstić information content (AvgIpc) is 3.26. The molecule has 1 aliphatic heterocycles. The van der Waals surface area contributed by atoms with Gasteiger partial charge < -0.3 is 0 Å². The van der Waals surface area contributed by atoms with Crippen LogP contribution in [-0.2, 0) is 0 Å². The van der Waals surface area contributed by atoms with Crippen molar-refractivity contribution in [1.29, 1.82) is 0 Å². The molecule has 0 bridgehead atoms. The van der Waals surface area contributed by atoms with E-state index in [4.69, 9.17) is 5.10 Å². The molecule has 0 amide bonds. The number of nitrogens with zero attached hydrogens (tertiary/aromatic N) is 3. The van der Waals surface area contributed by atoms with Crippen LogP contribution in [0.1, 0.15) is 22.7 Å². The smallest absolute Gasteiger partial charge is 0.0615 e. The molecule has 5 aromatic carbocycles. The molecular formula is C32H27N3. The van der Waals surface area contributed by atoms with Crippen molar-refractivity contribution < 1.29 is 0 Å². The first-order valence-electron chi connectivity index (χ1n) is 12.5. The summed E-state index contributed by atoms with van der Waals surface area (Å²) < 4.78 is 0. The summed E-state index contributed by atoms with van der Waals surface area (Å²) in [5, 5.41) is 12.3. The second-order valence-electron chi connectivity index (χ2n) is 9.54. The van der Waals surface area contributed by atoms with Crippen LogP contribution in [0.4, 0.5) is 0 Å². The van der Waals surface area contributed by atoms with Gasteiger partial charge in [0.25, 0.3) is 0 Å². The third kappa shape index (κ3) is 3.43. The topological polar surface area (TPSA) is 18.8 Å². The van der Waals surface area contributed by atoms with Crippen molar-refractivity contribution in [3.8, 4) is 11.1 Å². The first kappa shape index (κ1) is 20.4. The monoisotopic (exact) mass is 453 g/mol. The number of hydrazone groups is 1. The Labute approximate surface area is 205 Å². The zero-order valence-corrected chi connectivity index (χ0v) is 19.6. The summed E-state index contributed by atoms with van der Waals surface area (Å²) in [7, 11) is 0. The van der Waals surface area contributed by atoms with Crippen LogP contribution in [-0.4, -0.2) is 42.3 Å². The van der Waals surface area contributed by atoms with Crippen molar-refractivity contribution in [1.82, 2.24) is 9.91 Å². The highest BCUT2D eigenvalue weighted by molar-refractivity contribution is 6.13. The highest BCUT2D eigenvalue weighted by Gasteiger charge is 2.33. The largest absolute Gasteiger partial charge is 0.294 e. The van der Waals surface area contributed by atoms with Crippen LogP contribution < -0.4 is 0 Å². The highest BCUT2D eigenvalue weighted by atomic mass is 15.5. The first-order valence-corrected chi connectivity index (χ1v) is 12.5. The summed E-state index contributed by atoms with van der Waals surface area (Å²) >= 11 is 0. The van der Waals surface area contributed by atoms with Gasteiger partial charge in [0.2, 0.25) is 0 Å². The van der Waals surface area contributed by atoms with Gasteiger partial charge in [-0.2, -0.15) is 5.10 Å². The van der Waals surface area contributed by atoms with E-state index in [1.54, 1.807) is 0 Å². The number of rotatable bonds is 3. The van der Waals surface area contributed by atoms with E-state index in [9.17, 15) is 0 Å². The molecule has 5 aromatic rings. The lowest BCUT2D eigenvalue weighted by atomic mass is 9.97. The normalized spacial score (nSPS) is 16.3. The van der Waals surface area contributed by atoms with Gasteiger partial charge in [0.05, 0.1) is 12.3 Å². The van der Waals surface area contributed by atoms with E-state index in [1.807, 2.05) is 0 Å². The Balaban J connectivity index is 1.15. The predicted molar refractivity (Wildman–Crippen MR) is 146 cm³/mol. The standard InChI is InChI=1S/C32H27N3/c1-3-11-25-23(9-1)21-24-10-2-4-12-26(24)31(25)22-33-35-19-17-34(18-20-35)32-29-15-7-5-13-27(29)28-14-6-8-16-30(28)32/h1-16,21-22,32H,17-20H2/b33-22+. The lowest BCUT2D eigenvalue weighted by molar-refractivity contribution is 0.114. The number of fused-ring (bicyclic) bond motifs is 5. The molecule has 7 rings (SSSR count). The zero-order valence-electron chi connectivity index (χ0n) is 19.6. The lowest BCUT2D eigenvalue weighted by Gasteiger charge is -2.37. The summed E-state index contributed by atoms with van der Waals surface area (Å²) in [6.07, 6.45) is 2.08. The molecule has 3 nitrogen and oxygen atoms in total. The molecule has 0 aromatic heterocycles. The number of hydrogen-bond acceptors (Lipinski definition) is 3. The van der Waals surface area contributed by atoms with Crippen LogP contribution in [0.25, 0.3) is 32.7 Å². The van der Waals surface area contributed by atoms with Crippen LogP contribution in [0.2, 0.25) is 0 Å². The highest BCUT2D eigenvalue weighted by Crippen LogP contribution is 2.46. The summed E-state index contributed by atoms with van der Waals surface area (Å²) in [6.45, 7) is 3.86. The molecule has 1 fully saturated rings. The van der Waals surface area contributed by atoms with Crippen molar-refractivity contribution in [2.45, 2.75) is 6.04 Å². The molecule has 0 spiro atoms. The van der Waals surface area contributed by atoms with Gasteiger partial charge in [-0.15, -0.1) is 0 Å². The summed E-state index contributed by atoms with van der Waals surface area (Å²) in [4.78, 5) is 2.63. The van der Waals surface area contributed by atoms with Gasteiger partial charge in [-0.1, -0.05) is 97.1 Å². The van der Waals surface area contributed by atoms with Gasteiger partial charge >= 0.3 is 0 Å². The fourth-order valence-corrected chi connectivity index (χ4v) is 5.93. The molecule has 0 N–H and O–H groups in total. The Hall–Kier alpha value is -3.95. The van der Waals surface area contributed by atoms with Crippen LogP contribution in [0, 0.1) is 0 Å². The van der Waals surface area contributed by atoms with Crippen molar-refractivity contribution in [3.63, 3.8) is 0 Å². The van der Waals surface area contributed by atoms with E-state index in [0.717, 1.165) is 26.2 Å². The van der Waals surface area contributed by atoms with E-state index < -0.39 is 0 Å². The third-order valence-corrected chi connectivity index (χ3v) is 7.62. The molecule has 170 valence electrons. The number of piperazine rings is 1. The van der Waals surface area contributed by atoms with Gasteiger partial charge in [0.1, 0.15) is 0 Å². The molecule has 3 heteroatoms. The molecule has 0 atom stereocenters.